The van der Waals surface area contributed by atoms with Gasteiger partial charge in [0.05, 0.1) is 4.92 Å². The first-order valence-corrected chi connectivity index (χ1v) is 6.39. The van der Waals surface area contributed by atoms with E-state index in [1.54, 1.807) is 30.0 Å². The number of nitro groups is 1. The van der Waals surface area contributed by atoms with Crippen molar-refractivity contribution in [3.8, 4) is 0 Å². The molecule has 1 rings (SSSR count). The van der Waals surface area contributed by atoms with Crippen molar-refractivity contribution in [3.05, 3.63) is 28.3 Å². The molecule has 0 spiro atoms. The molecule has 0 fully saturated rings. The van der Waals surface area contributed by atoms with Crippen LogP contribution in [0.3, 0.4) is 0 Å². The van der Waals surface area contributed by atoms with Crippen LogP contribution in [0, 0.1) is 10.1 Å². The summed E-state index contributed by atoms with van der Waals surface area (Å²) >= 11 is 1.70. The van der Waals surface area contributed by atoms with E-state index in [1.807, 2.05) is 6.26 Å². The number of rotatable bonds is 6. The minimum Gasteiger partial charge on any atom is -0.378 e. The second-order valence-corrected chi connectivity index (χ2v) is 4.81. The van der Waals surface area contributed by atoms with Gasteiger partial charge in [-0.05, 0) is 18.4 Å². The molecule has 4 N–H and O–H groups in total. The smallest absolute Gasteiger partial charge is 0.316 e. The summed E-state index contributed by atoms with van der Waals surface area (Å²) in [6.45, 7) is 2.71. The van der Waals surface area contributed by atoms with Crippen LogP contribution in [-0.4, -0.2) is 23.0 Å². The first-order chi connectivity index (χ1) is 8.10. The van der Waals surface area contributed by atoms with Crippen LogP contribution in [0.25, 0.3) is 0 Å². The number of hydrazine groups is 1. The Morgan fingerprint density at radius 1 is 1.53 bits per heavy atom. The van der Waals surface area contributed by atoms with Gasteiger partial charge >= 0.3 is 5.69 Å². The Bertz CT molecular complexity index is 400. The number of nitrogens with two attached hydrogens (primary N) is 1. The van der Waals surface area contributed by atoms with E-state index < -0.39 is 4.92 Å². The Kier molecular flexibility index (Phi) is 5.05. The lowest BCUT2D eigenvalue weighted by molar-refractivity contribution is -0.383. The topological polar surface area (TPSA) is 93.2 Å². The first kappa shape index (κ1) is 13.6. The zero-order valence-electron chi connectivity index (χ0n) is 9.77. The zero-order valence-corrected chi connectivity index (χ0v) is 10.6. The standard InChI is InChI=1S/C10H16N4O2S/c1-7(17-2)6-12-8-4-3-5-9(13-11)10(8)14(15)16/h3-5,7,12-13H,6,11H2,1-2H3. The Balaban J connectivity index is 2.94. The molecule has 0 aliphatic carbocycles. The highest BCUT2D eigenvalue weighted by atomic mass is 32.2. The number of benzene rings is 1. The van der Waals surface area contributed by atoms with E-state index in [-0.39, 0.29) is 5.69 Å². The fourth-order valence-corrected chi connectivity index (χ4v) is 1.59. The zero-order chi connectivity index (χ0) is 12.8. The molecular formula is C10H16N4O2S. The molecule has 0 aliphatic heterocycles. The van der Waals surface area contributed by atoms with Crippen LogP contribution < -0.4 is 16.6 Å². The fourth-order valence-electron chi connectivity index (χ4n) is 1.34. The van der Waals surface area contributed by atoms with E-state index >= 15 is 0 Å². The van der Waals surface area contributed by atoms with E-state index in [0.717, 1.165) is 0 Å². The largest absolute Gasteiger partial charge is 0.378 e. The molecule has 0 aliphatic rings. The summed E-state index contributed by atoms with van der Waals surface area (Å²) in [6, 6.07) is 4.96. The van der Waals surface area contributed by atoms with E-state index in [2.05, 4.69) is 17.7 Å². The maximum atomic E-state index is 11.0. The van der Waals surface area contributed by atoms with Gasteiger partial charge in [-0.2, -0.15) is 11.8 Å². The van der Waals surface area contributed by atoms with Crippen LogP contribution in [0.2, 0.25) is 0 Å². The highest BCUT2D eigenvalue weighted by Crippen LogP contribution is 2.32. The number of hydrogen-bond acceptors (Lipinski definition) is 6. The van der Waals surface area contributed by atoms with Crippen LogP contribution in [0.4, 0.5) is 17.1 Å². The molecule has 0 saturated carbocycles. The monoisotopic (exact) mass is 256 g/mol. The van der Waals surface area contributed by atoms with Gasteiger partial charge in [-0.15, -0.1) is 0 Å². The molecular weight excluding hydrogens is 240 g/mol. The molecule has 1 unspecified atom stereocenters. The molecule has 1 aromatic rings. The lowest BCUT2D eigenvalue weighted by Gasteiger charge is -2.12. The number of anilines is 2. The van der Waals surface area contributed by atoms with E-state index in [4.69, 9.17) is 5.84 Å². The van der Waals surface area contributed by atoms with Crippen molar-refractivity contribution in [2.24, 2.45) is 5.84 Å². The molecule has 0 aromatic heterocycles. The number of nitrogen functional groups attached to an aromatic ring is 1. The maximum Gasteiger partial charge on any atom is 0.316 e. The quantitative estimate of drug-likeness (QED) is 0.410. The van der Waals surface area contributed by atoms with Gasteiger partial charge in [0.15, 0.2) is 0 Å². The second kappa shape index (κ2) is 6.31. The number of para-hydroxylation sites is 1. The molecule has 94 valence electrons. The molecule has 0 amide bonds. The van der Waals surface area contributed by atoms with Gasteiger partial charge in [-0.3, -0.25) is 16.0 Å². The van der Waals surface area contributed by atoms with Crippen LogP contribution in [0.15, 0.2) is 18.2 Å². The SMILES string of the molecule is CSC(C)CNc1cccc(NN)c1[N+](=O)[O-]. The van der Waals surface area contributed by atoms with Crippen molar-refractivity contribution in [2.75, 3.05) is 23.5 Å². The van der Waals surface area contributed by atoms with Crippen molar-refractivity contribution in [2.45, 2.75) is 12.2 Å². The minimum atomic E-state index is -0.443. The van der Waals surface area contributed by atoms with E-state index in [9.17, 15) is 10.1 Å². The van der Waals surface area contributed by atoms with Gasteiger partial charge in [0.1, 0.15) is 11.4 Å². The van der Waals surface area contributed by atoms with Crippen molar-refractivity contribution in [1.29, 1.82) is 0 Å². The van der Waals surface area contributed by atoms with Crippen molar-refractivity contribution in [1.82, 2.24) is 0 Å². The molecule has 0 bridgehead atoms. The third-order valence-corrected chi connectivity index (χ3v) is 3.33. The normalized spacial score (nSPS) is 11.9. The Hall–Kier alpha value is -1.47. The van der Waals surface area contributed by atoms with Gasteiger partial charge in [-0.25, -0.2) is 0 Å². The highest BCUT2D eigenvalue weighted by Gasteiger charge is 2.19. The van der Waals surface area contributed by atoms with Crippen molar-refractivity contribution >= 4 is 28.8 Å². The number of nitro benzene ring substituents is 1. The molecule has 1 atom stereocenters. The Morgan fingerprint density at radius 2 is 2.18 bits per heavy atom. The van der Waals surface area contributed by atoms with Crippen molar-refractivity contribution < 1.29 is 4.92 Å². The minimum absolute atomic E-state index is 0.0247. The average Bonchev–Trinajstić information content (AvgIpc) is 2.34. The molecule has 17 heavy (non-hydrogen) atoms. The molecule has 0 heterocycles. The van der Waals surface area contributed by atoms with Gasteiger partial charge in [0.25, 0.3) is 0 Å². The van der Waals surface area contributed by atoms with E-state index in [0.29, 0.717) is 23.2 Å². The number of hydrogen-bond donors (Lipinski definition) is 3. The van der Waals surface area contributed by atoms with Gasteiger partial charge in [0.2, 0.25) is 0 Å². The fraction of sp³-hybridized carbons (Fsp3) is 0.400. The van der Waals surface area contributed by atoms with Gasteiger partial charge < -0.3 is 10.7 Å². The van der Waals surface area contributed by atoms with Crippen LogP contribution in [-0.2, 0) is 0 Å². The number of nitrogens with one attached hydrogen (secondary N) is 2. The Labute approximate surface area is 104 Å². The molecule has 6 nitrogen and oxygen atoms in total. The number of nitrogens with zero attached hydrogens (tertiary/aromatic N) is 1. The summed E-state index contributed by atoms with van der Waals surface area (Å²) < 4.78 is 0. The molecule has 0 radical (unpaired) electrons. The van der Waals surface area contributed by atoms with Gasteiger partial charge in [-0.1, -0.05) is 13.0 Å². The summed E-state index contributed by atoms with van der Waals surface area (Å²) in [6.07, 6.45) is 2.00. The maximum absolute atomic E-state index is 11.0. The van der Waals surface area contributed by atoms with Crippen LogP contribution >= 0.6 is 11.8 Å². The number of thioether (sulfide) groups is 1. The van der Waals surface area contributed by atoms with Crippen LogP contribution in [0.5, 0.6) is 0 Å². The predicted molar refractivity (Wildman–Crippen MR) is 72.4 cm³/mol. The lowest BCUT2D eigenvalue weighted by Crippen LogP contribution is -2.15. The molecule has 1 aromatic carbocycles. The predicted octanol–water partition coefficient (Wildman–Crippen LogP) is 2.04. The highest BCUT2D eigenvalue weighted by molar-refractivity contribution is 7.99. The third kappa shape index (κ3) is 3.50. The second-order valence-electron chi connectivity index (χ2n) is 3.53. The Morgan fingerprint density at radius 3 is 2.71 bits per heavy atom. The summed E-state index contributed by atoms with van der Waals surface area (Å²) in [5.74, 6) is 5.25. The molecule has 7 heteroatoms. The van der Waals surface area contributed by atoms with Crippen LogP contribution in [0.1, 0.15) is 6.92 Å². The summed E-state index contributed by atoms with van der Waals surface area (Å²) in [4.78, 5) is 10.5. The average molecular weight is 256 g/mol. The lowest BCUT2D eigenvalue weighted by atomic mass is 10.2. The summed E-state index contributed by atoms with van der Waals surface area (Å²) in [5.41, 5.74) is 3.09. The van der Waals surface area contributed by atoms with Crippen molar-refractivity contribution in [3.63, 3.8) is 0 Å². The van der Waals surface area contributed by atoms with Gasteiger partial charge in [0, 0.05) is 11.8 Å². The first-order valence-electron chi connectivity index (χ1n) is 5.10. The summed E-state index contributed by atoms with van der Waals surface area (Å²) in [7, 11) is 0. The molecule has 0 saturated heterocycles. The summed E-state index contributed by atoms with van der Waals surface area (Å²) in [5, 5.41) is 14.4. The van der Waals surface area contributed by atoms with E-state index in [1.165, 1.54) is 0 Å². The third-order valence-electron chi connectivity index (χ3n) is 2.36.